The molecule has 6 nitrogen and oxygen atoms in total. The molecule has 0 saturated heterocycles. The molecular weight excluding hydrogens is 362 g/mol. The van der Waals surface area contributed by atoms with E-state index in [1.165, 1.54) is 30.5 Å². The lowest BCUT2D eigenvalue weighted by Gasteiger charge is -2.11. The lowest BCUT2D eigenvalue weighted by atomic mass is 10.2. The zero-order valence-corrected chi connectivity index (χ0v) is 15.6. The summed E-state index contributed by atoms with van der Waals surface area (Å²) in [6.07, 6.45) is 1.43. The van der Waals surface area contributed by atoms with Gasteiger partial charge in [0.1, 0.15) is 0 Å². The van der Waals surface area contributed by atoms with Gasteiger partial charge in [0.15, 0.2) is 12.8 Å². The van der Waals surface area contributed by atoms with Crippen molar-refractivity contribution < 1.29 is 13.2 Å². The van der Waals surface area contributed by atoms with Crippen molar-refractivity contribution >= 4 is 33.5 Å². The molecule has 0 aliphatic heterocycles. The van der Waals surface area contributed by atoms with Gasteiger partial charge < -0.3 is 10.1 Å². The van der Waals surface area contributed by atoms with Crippen molar-refractivity contribution in [3.8, 4) is 0 Å². The second kappa shape index (κ2) is 8.33. The standard InChI is InChI=1S/C17H20ClN3O3S/c1-20(2)16-7-3-14(4-8-16)13-21(22)12-11-19-25(23,24)17-9-5-15(18)6-10-17/h3-10,13,19H,11-12H2,1-2H3/b21-13-. The van der Waals surface area contributed by atoms with Gasteiger partial charge in [-0.1, -0.05) is 11.6 Å². The highest BCUT2D eigenvalue weighted by Gasteiger charge is 2.13. The molecule has 0 amide bonds. The maximum atomic E-state index is 12.1. The molecule has 0 atom stereocenters. The van der Waals surface area contributed by atoms with E-state index in [2.05, 4.69) is 4.72 Å². The van der Waals surface area contributed by atoms with Crippen LogP contribution in [0.3, 0.4) is 0 Å². The van der Waals surface area contributed by atoms with Gasteiger partial charge in [0, 0.05) is 30.4 Å². The van der Waals surface area contributed by atoms with Crippen molar-refractivity contribution in [3.05, 3.63) is 64.3 Å². The first-order valence-corrected chi connectivity index (χ1v) is 9.45. The first kappa shape index (κ1) is 19.2. The number of halogens is 1. The Kier molecular flexibility index (Phi) is 6.41. The number of anilines is 1. The molecule has 8 heteroatoms. The van der Waals surface area contributed by atoms with Crippen molar-refractivity contribution in [3.63, 3.8) is 0 Å². The average Bonchev–Trinajstić information content (AvgIpc) is 2.55. The molecule has 0 unspecified atom stereocenters. The van der Waals surface area contributed by atoms with Crippen LogP contribution in [-0.2, 0) is 10.0 Å². The minimum absolute atomic E-state index is 0.000735. The number of benzene rings is 2. The molecule has 0 saturated carbocycles. The van der Waals surface area contributed by atoms with Gasteiger partial charge in [-0.05, 0) is 48.5 Å². The van der Waals surface area contributed by atoms with Gasteiger partial charge in [-0.25, -0.2) is 17.9 Å². The Morgan fingerprint density at radius 3 is 2.28 bits per heavy atom. The van der Waals surface area contributed by atoms with Crippen LogP contribution in [-0.4, -0.2) is 46.6 Å². The van der Waals surface area contributed by atoms with Crippen LogP contribution < -0.4 is 9.62 Å². The number of hydrogen-bond donors (Lipinski definition) is 1. The van der Waals surface area contributed by atoms with E-state index in [0.717, 1.165) is 11.3 Å². The van der Waals surface area contributed by atoms with E-state index >= 15 is 0 Å². The molecule has 25 heavy (non-hydrogen) atoms. The summed E-state index contributed by atoms with van der Waals surface area (Å²) in [4.78, 5) is 2.07. The quantitative estimate of drug-likeness (QED) is 0.345. The molecule has 1 N–H and O–H groups in total. The number of rotatable bonds is 7. The summed E-state index contributed by atoms with van der Waals surface area (Å²) >= 11 is 5.74. The highest BCUT2D eigenvalue weighted by Crippen LogP contribution is 2.13. The van der Waals surface area contributed by atoms with E-state index in [4.69, 9.17) is 11.6 Å². The van der Waals surface area contributed by atoms with Crippen LogP contribution in [0.5, 0.6) is 0 Å². The Morgan fingerprint density at radius 2 is 1.72 bits per heavy atom. The maximum absolute atomic E-state index is 12.1. The zero-order valence-electron chi connectivity index (χ0n) is 14.0. The van der Waals surface area contributed by atoms with E-state index in [1.807, 2.05) is 43.3 Å². The Bertz CT molecular complexity index is 832. The maximum Gasteiger partial charge on any atom is 0.240 e. The van der Waals surface area contributed by atoms with Gasteiger partial charge in [0.25, 0.3) is 0 Å². The molecule has 0 radical (unpaired) electrons. The van der Waals surface area contributed by atoms with Crippen molar-refractivity contribution in [2.24, 2.45) is 0 Å². The first-order chi connectivity index (χ1) is 11.8. The normalized spacial score (nSPS) is 12.2. The van der Waals surface area contributed by atoms with Gasteiger partial charge in [-0.2, -0.15) is 0 Å². The van der Waals surface area contributed by atoms with Crippen LogP contribution in [0.2, 0.25) is 5.02 Å². The summed E-state index contributed by atoms with van der Waals surface area (Å²) in [6.45, 7) is 0.00297. The summed E-state index contributed by atoms with van der Waals surface area (Å²) in [5.41, 5.74) is 1.78. The van der Waals surface area contributed by atoms with Crippen LogP contribution in [0.15, 0.2) is 53.4 Å². The highest BCUT2D eigenvalue weighted by atomic mass is 35.5. The Morgan fingerprint density at radius 1 is 1.12 bits per heavy atom. The molecule has 2 aromatic carbocycles. The van der Waals surface area contributed by atoms with Crippen LogP contribution in [0, 0.1) is 5.21 Å². The van der Waals surface area contributed by atoms with E-state index in [1.54, 1.807) is 0 Å². The van der Waals surface area contributed by atoms with E-state index in [-0.39, 0.29) is 18.0 Å². The van der Waals surface area contributed by atoms with Gasteiger partial charge >= 0.3 is 0 Å². The molecule has 0 heterocycles. The van der Waals surface area contributed by atoms with Gasteiger partial charge in [-0.3, -0.25) is 0 Å². The summed E-state index contributed by atoms with van der Waals surface area (Å²) in [7, 11) is 0.218. The molecule has 2 aromatic rings. The van der Waals surface area contributed by atoms with Gasteiger partial charge in [0.2, 0.25) is 10.0 Å². The molecule has 0 aliphatic rings. The predicted molar refractivity (Wildman–Crippen MR) is 101 cm³/mol. The average molecular weight is 382 g/mol. The minimum Gasteiger partial charge on any atom is -0.624 e. The summed E-state index contributed by atoms with van der Waals surface area (Å²) in [6, 6.07) is 13.3. The first-order valence-electron chi connectivity index (χ1n) is 7.59. The molecule has 2 rings (SSSR count). The van der Waals surface area contributed by atoms with Gasteiger partial charge in [0.05, 0.1) is 11.4 Å². The molecule has 0 aliphatic carbocycles. The fourth-order valence-corrected chi connectivity index (χ4v) is 3.22. The van der Waals surface area contributed by atoms with E-state index in [9.17, 15) is 13.6 Å². The Hall–Kier alpha value is -2.09. The molecule has 134 valence electrons. The predicted octanol–water partition coefficient (Wildman–Crippen LogP) is 2.31. The van der Waals surface area contributed by atoms with Gasteiger partial charge in [-0.15, -0.1) is 0 Å². The molecule has 0 spiro atoms. The highest BCUT2D eigenvalue weighted by molar-refractivity contribution is 7.89. The minimum atomic E-state index is -3.65. The zero-order chi connectivity index (χ0) is 18.4. The van der Waals surface area contributed by atoms with Crippen LogP contribution in [0.25, 0.3) is 0 Å². The summed E-state index contributed by atoms with van der Waals surface area (Å²) in [5, 5.41) is 12.4. The number of sulfonamides is 1. The monoisotopic (exact) mass is 381 g/mol. The number of hydrogen-bond acceptors (Lipinski definition) is 4. The second-order valence-corrected chi connectivity index (χ2v) is 7.81. The molecule has 0 fully saturated rings. The third kappa shape index (κ3) is 5.74. The van der Waals surface area contributed by atoms with Crippen molar-refractivity contribution in [1.29, 1.82) is 0 Å². The topological polar surface area (TPSA) is 75.5 Å². The van der Waals surface area contributed by atoms with Crippen molar-refractivity contribution in [2.75, 3.05) is 32.1 Å². The lowest BCUT2D eigenvalue weighted by molar-refractivity contribution is -0.449. The third-order valence-corrected chi connectivity index (χ3v) is 5.18. The SMILES string of the molecule is CN(C)c1ccc(/C=[N+](\[O-])CCNS(=O)(=O)c2ccc(Cl)cc2)cc1. The summed E-state index contributed by atoms with van der Waals surface area (Å²) < 4.78 is 27.3. The number of nitrogens with one attached hydrogen (secondary N) is 1. The van der Waals surface area contributed by atoms with E-state index < -0.39 is 10.0 Å². The molecular formula is C17H20ClN3O3S. The second-order valence-electron chi connectivity index (χ2n) is 5.61. The van der Waals surface area contributed by atoms with Crippen LogP contribution in [0.1, 0.15) is 5.56 Å². The fraction of sp³-hybridized carbons (Fsp3) is 0.235. The number of nitrogens with zero attached hydrogens (tertiary/aromatic N) is 2. The molecule has 0 bridgehead atoms. The van der Waals surface area contributed by atoms with Crippen molar-refractivity contribution in [2.45, 2.75) is 4.90 Å². The summed E-state index contributed by atoms with van der Waals surface area (Å²) in [5.74, 6) is 0. The number of hydroxylamine groups is 1. The fourth-order valence-electron chi connectivity index (χ4n) is 2.08. The third-order valence-electron chi connectivity index (χ3n) is 3.45. The lowest BCUT2D eigenvalue weighted by Crippen LogP contribution is -2.29. The van der Waals surface area contributed by atoms with Crippen LogP contribution in [0.4, 0.5) is 5.69 Å². The van der Waals surface area contributed by atoms with E-state index in [0.29, 0.717) is 9.76 Å². The smallest absolute Gasteiger partial charge is 0.240 e. The van der Waals surface area contributed by atoms with Crippen LogP contribution >= 0.6 is 11.6 Å². The molecule has 0 aromatic heterocycles. The largest absolute Gasteiger partial charge is 0.624 e. The van der Waals surface area contributed by atoms with Crippen molar-refractivity contribution in [1.82, 2.24) is 4.72 Å². The Balaban J connectivity index is 1.93. The Labute approximate surface area is 153 Å².